The minimum absolute atomic E-state index is 0.119. The zero-order valence-corrected chi connectivity index (χ0v) is 12.4. The summed E-state index contributed by atoms with van der Waals surface area (Å²) < 4.78 is 13.7. The van der Waals surface area contributed by atoms with Gasteiger partial charge in [-0.3, -0.25) is 9.80 Å². The SMILES string of the molecule is O[C@]1(CN2CCN(Cc3ccccc3F)CC2)CCNC1. The van der Waals surface area contributed by atoms with E-state index < -0.39 is 5.60 Å². The largest absolute Gasteiger partial charge is 0.387 e. The predicted molar refractivity (Wildman–Crippen MR) is 80.6 cm³/mol. The second-order valence-corrected chi connectivity index (χ2v) is 6.29. The van der Waals surface area contributed by atoms with E-state index in [0.717, 1.165) is 51.3 Å². The Balaban J connectivity index is 1.48. The smallest absolute Gasteiger partial charge is 0.127 e. The molecule has 3 rings (SSSR count). The highest BCUT2D eigenvalue weighted by Crippen LogP contribution is 2.18. The van der Waals surface area contributed by atoms with Crippen LogP contribution in [0.3, 0.4) is 0 Å². The van der Waals surface area contributed by atoms with Gasteiger partial charge in [-0.15, -0.1) is 0 Å². The molecular formula is C16H24FN3O. The van der Waals surface area contributed by atoms with Crippen molar-refractivity contribution in [3.8, 4) is 0 Å². The molecule has 2 heterocycles. The van der Waals surface area contributed by atoms with E-state index in [1.54, 1.807) is 6.07 Å². The third-order valence-corrected chi connectivity index (χ3v) is 4.56. The normalized spacial score (nSPS) is 28.1. The molecule has 0 aliphatic carbocycles. The molecule has 2 aliphatic heterocycles. The van der Waals surface area contributed by atoms with Crippen molar-refractivity contribution in [3.05, 3.63) is 35.6 Å². The van der Waals surface area contributed by atoms with Crippen LogP contribution in [0, 0.1) is 5.82 Å². The van der Waals surface area contributed by atoms with Crippen molar-refractivity contribution in [3.63, 3.8) is 0 Å². The predicted octanol–water partition coefficient (Wildman–Crippen LogP) is 0.668. The maximum atomic E-state index is 13.7. The summed E-state index contributed by atoms with van der Waals surface area (Å²) in [6.07, 6.45) is 0.836. The molecule has 0 saturated carbocycles. The summed E-state index contributed by atoms with van der Waals surface area (Å²) in [5, 5.41) is 13.6. The molecule has 0 radical (unpaired) electrons. The van der Waals surface area contributed by atoms with Crippen LogP contribution >= 0.6 is 0 Å². The highest BCUT2D eigenvalue weighted by molar-refractivity contribution is 5.17. The van der Waals surface area contributed by atoms with Gasteiger partial charge in [-0.1, -0.05) is 18.2 Å². The molecule has 116 valence electrons. The molecule has 0 spiro atoms. The lowest BCUT2D eigenvalue weighted by Gasteiger charge is -2.38. The average molecular weight is 293 g/mol. The van der Waals surface area contributed by atoms with E-state index >= 15 is 0 Å². The van der Waals surface area contributed by atoms with Crippen LogP contribution in [-0.2, 0) is 6.54 Å². The van der Waals surface area contributed by atoms with Crippen molar-refractivity contribution in [2.24, 2.45) is 0 Å². The fourth-order valence-electron chi connectivity index (χ4n) is 3.25. The lowest BCUT2D eigenvalue weighted by molar-refractivity contribution is 0.00418. The third kappa shape index (κ3) is 3.80. The number of halogens is 1. The van der Waals surface area contributed by atoms with Gasteiger partial charge in [-0.05, 0) is 19.0 Å². The molecule has 2 N–H and O–H groups in total. The number of hydrogen-bond acceptors (Lipinski definition) is 4. The number of nitrogens with one attached hydrogen (secondary N) is 1. The van der Waals surface area contributed by atoms with Crippen molar-refractivity contribution < 1.29 is 9.50 Å². The summed E-state index contributed by atoms with van der Waals surface area (Å²) in [7, 11) is 0. The molecule has 2 saturated heterocycles. The van der Waals surface area contributed by atoms with E-state index in [4.69, 9.17) is 0 Å². The highest BCUT2D eigenvalue weighted by Gasteiger charge is 2.33. The van der Waals surface area contributed by atoms with Gasteiger partial charge in [0.15, 0.2) is 0 Å². The average Bonchev–Trinajstić information content (AvgIpc) is 2.90. The van der Waals surface area contributed by atoms with Gasteiger partial charge in [0.1, 0.15) is 5.82 Å². The molecular weight excluding hydrogens is 269 g/mol. The van der Waals surface area contributed by atoms with Gasteiger partial charge in [0.05, 0.1) is 5.60 Å². The Kier molecular flexibility index (Phi) is 4.54. The van der Waals surface area contributed by atoms with Crippen LogP contribution in [0.5, 0.6) is 0 Å². The van der Waals surface area contributed by atoms with Crippen LogP contribution in [0.25, 0.3) is 0 Å². The summed E-state index contributed by atoms with van der Waals surface area (Å²) in [5.74, 6) is -0.119. The van der Waals surface area contributed by atoms with Gasteiger partial charge in [0.2, 0.25) is 0 Å². The minimum atomic E-state index is -0.562. The number of piperazine rings is 1. The monoisotopic (exact) mass is 293 g/mol. The van der Waals surface area contributed by atoms with Gasteiger partial charge in [-0.2, -0.15) is 0 Å². The molecule has 1 aromatic carbocycles. The van der Waals surface area contributed by atoms with Gasteiger partial charge in [0.25, 0.3) is 0 Å². The second-order valence-electron chi connectivity index (χ2n) is 6.29. The first-order chi connectivity index (χ1) is 10.1. The summed E-state index contributed by atoms with van der Waals surface area (Å²) in [4.78, 5) is 4.61. The number of aliphatic hydroxyl groups is 1. The first-order valence-electron chi connectivity index (χ1n) is 7.76. The minimum Gasteiger partial charge on any atom is -0.387 e. The second kappa shape index (κ2) is 6.40. The quantitative estimate of drug-likeness (QED) is 0.856. The van der Waals surface area contributed by atoms with Crippen LogP contribution in [-0.4, -0.2) is 66.3 Å². The summed E-state index contributed by atoms with van der Waals surface area (Å²) in [6, 6.07) is 6.99. The Bertz CT molecular complexity index is 468. The van der Waals surface area contributed by atoms with Crippen LogP contribution in [0.15, 0.2) is 24.3 Å². The van der Waals surface area contributed by atoms with E-state index in [9.17, 15) is 9.50 Å². The van der Waals surface area contributed by atoms with E-state index in [1.807, 2.05) is 12.1 Å². The third-order valence-electron chi connectivity index (χ3n) is 4.56. The maximum Gasteiger partial charge on any atom is 0.127 e. The lowest BCUT2D eigenvalue weighted by Crippen LogP contribution is -2.52. The van der Waals surface area contributed by atoms with Gasteiger partial charge >= 0.3 is 0 Å². The molecule has 2 fully saturated rings. The zero-order chi connectivity index (χ0) is 14.7. The Hall–Kier alpha value is -1.01. The van der Waals surface area contributed by atoms with E-state index in [2.05, 4.69) is 15.1 Å². The molecule has 0 unspecified atom stereocenters. The van der Waals surface area contributed by atoms with Gasteiger partial charge in [-0.25, -0.2) is 4.39 Å². The van der Waals surface area contributed by atoms with Crippen molar-refractivity contribution >= 4 is 0 Å². The first-order valence-corrected chi connectivity index (χ1v) is 7.76. The highest BCUT2D eigenvalue weighted by atomic mass is 19.1. The standard InChI is InChI=1S/C16H24FN3O/c17-15-4-2-1-3-14(15)11-19-7-9-20(10-8-19)13-16(21)5-6-18-12-16/h1-4,18,21H,5-13H2/t16-/m1/s1. The Labute approximate surface area is 125 Å². The van der Waals surface area contributed by atoms with E-state index in [-0.39, 0.29) is 5.82 Å². The van der Waals surface area contributed by atoms with Crippen LogP contribution < -0.4 is 5.32 Å². The molecule has 2 aliphatic rings. The maximum absolute atomic E-state index is 13.7. The fourth-order valence-corrected chi connectivity index (χ4v) is 3.25. The Morgan fingerprint density at radius 2 is 1.86 bits per heavy atom. The molecule has 1 atom stereocenters. The molecule has 0 aromatic heterocycles. The molecule has 21 heavy (non-hydrogen) atoms. The number of β-amino-alcohol motifs (C(OH)–C–C–N with tert-alkyl or cyclic N) is 1. The van der Waals surface area contributed by atoms with E-state index in [0.29, 0.717) is 13.1 Å². The van der Waals surface area contributed by atoms with Crippen LogP contribution in [0.1, 0.15) is 12.0 Å². The molecule has 0 amide bonds. The summed E-state index contributed by atoms with van der Waals surface area (Å²) in [6.45, 7) is 6.76. The Morgan fingerprint density at radius 3 is 2.52 bits per heavy atom. The lowest BCUT2D eigenvalue weighted by atomic mass is 10.0. The van der Waals surface area contributed by atoms with E-state index in [1.165, 1.54) is 6.07 Å². The zero-order valence-electron chi connectivity index (χ0n) is 12.4. The number of nitrogens with zero attached hydrogens (tertiary/aromatic N) is 2. The van der Waals surface area contributed by atoms with Crippen molar-refractivity contribution in [2.45, 2.75) is 18.6 Å². The van der Waals surface area contributed by atoms with Crippen molar-refractivity contribution in [1.29, 1.82) is 0 Å². The number of rotatable bonds is 4. The molecule has 5 heteroatoms. The van der Waals surface area contributed by atoms with Crippen LogP contribution in [0.2, 0.25) is 0 Å². The first kappa shape index (κ1) is 14.9. The molecule has 4 nitrogen and oxygen atoms in total. The number of hydrogen-bond donors (Lipinski definition) is 2. The fraction of sp³-hybridized carbons (Fsp3) is 0.625. The van der Waals surface area contributed by atoms with Gasteiger partial charge in [0, 0.05) is 51.4 Å². The Morgan fingerprint density at radius 1 is 1.14 bits per heavy atom. The van der Waals surface area contributed by atoms with Crippen LogP contribution in [0.4, 0.5) is 4.39 Å². The van der Waals surface area contributed by atoms with Crippen molar-refractivity contribution in [2.75, 3.05) is 45.8 Å². The summed E-state index contributed by atoms with van der Waals surface area (Å²) >= 11 is 0. The van der Waals surface area contributed by atoms with Crippen molar-refractivity contribution in [1.82, 2.24) is 15.1 Å². The molecule has 1 aromatic rings. The topological polar surface area (TPSA) is 38.7 Å². The number of benzene rings is 1. The summed E-state index contributed by atoms with van der Waals surface area (Å²) in [5.41, 5.74) is 0.206. The van der Waals surface area contributed by atoms with Gasteiger partial charge < -0.3 is 10.4 Å². The molecule has 0 bridgehead atoms.